The van der Waals surface area contributed by atoms with Gasteiger partial charge in [-0.1, -0.05) is 24.9 Å². The third-order valence-corrected chi connectivity index (χ3v) is 9.99. The van der Waals surface area contributed by atoms with Crippen LogP contribution in [0, 0.1) is 17.8 Å². The quantitative estimate of drug-likeness (QED) is 0.387. The Bertz CT molecular complexity index is 1510. The number of hydrogen-bond donors (Lipinski definition) is 4. The van der Waals surface area contributed by atoms with Crippen LogP contribution in [-0.4, -0.2) is 86.1 Å². The lowest BCUT2D eigenvalue weighted by atomic mass is 9.57. The van der Waals surface area contributed by atoms with E-state index in [0.717, 1.165) is 0 Å². The van der Waals surface area contributed by atoms with Gasteiger partial charge in [-0.2, -0.15) is 0 Å². The Kier molecular flexibility index (Phi) is 6.91. The smallest absolute Gasteiger partial charge is 0.262 e. The van der Waals surface area contributed by atoms with Gasteiger partial charge in [0.25, 0.3) is 5.56 Å². The molecule has 6 unspecified atom stereocenters. The maximum Gasteiger partial charge on any atom is 0.262 e. The van der Waals surface area contributed by atoms with E-state index in [1.165, 1.54) is 18.7 Å². The van der Waals surface area contributed by atoms with E-state index in [4.69, 9.17) is 21.1 Å². The van der Waals surface area contributed by atoms with Crippen LogP contribution in [0.3, 0.4) is 0 Å². The van der Waals surface area contributed by atoms with Crippen LogP contribution in [0.5, 0.6) is 0 Å². The summed E-state index contributed by atoms with van der Waals surface area (Å²) in [6.45, 7) is 1.90. The molecule has 0 aromatic carbocycles. The van der Waals surface area contributed by atoms with E-state index in [9.17, 15) is 39.6 Å². The topological polar surface area (TPSA) is 173 Å². The maximum atomic E-state index is 14.1. The second kappa shape index (κ2) is 9.96. The van der Waals surface area contributed by atoms with Crippen LogP contribution in [0.2, 0.25) is 5.02 Å². The van der Waals surface area contributed by atoms with Crippen molar-refractivity contribution in [3.8, 4) is 0 Å². The molecule has 4 aliphatic carbocycles. The van der Waals surface area contributed by atoms with Gasteiger partial charge in [0.05, 0.1) is 40.4 Å². The van der Waals surface area contributed by atoms with Gasteiger partial charge in [0.2, 0.25) is 0 Å². The third kappa shape index (κ3) is 3.76. The van der Waals surface area contributed by atoms with Crippen molar-refractivity contribution >= 4 is 29.0 Å². The summed E-state index contributed by atoms with van der Waals surface area (Å²) in [5.74, 6) is -5.11. The number of ether oxygens (including phenoxy) is 2. The Morgan fingerprint density at radius 2 is 1.73 bits per heavy atom. The van der Waals surface area contributed by atoms with Gasteiger partial charge in [-0.15, -0.1) is 0 Å². The second-order valence-corrected chi connectivity index (χ2v) is 12.0. The zero-order chi connectivity index (χ0) is 29.7. The number of Topliss-reactive ketones (excluding diaryl/α,β-unsaturated/α-hetero) is 3. The highest BCUT2D eigenvalue weighted by Crippen LogP contribution is 2.53. The first-order chi connectivity index (χ1) is 19.5. The van der Waals surface area contributed by atoms with Crippen molar-refractivity contribution in [2.75, 3.05) is 7.11 Å². The Balaban J connectivity index is 1.49. The monoisotopic (exact) mass is 589 g/mol. The number of rotatable bonds is 3. The molecule has 5 aliphatic rings. The van der Waals surface area contributed by atoms with Crippen molar-refractivity contribution in [3.63, 3.8) is 0 Å². The molecule has 1 aromatic rings. The molecule has 0 bridgehead atoms. The number of aliphatic hydroxyl groups excluding tert-OH is 4. The molecule has 1 saturated carbocycles. The van der Waals surface area contributed by atoms with Gasteiger partial charge in [0.1, 0.15) is 29.6 Å². The largest absolute Gasteiger partial charge is 0.488 e. The van der Waals surface area contributed by atoms with E-state index >= 15 is 0 Å². The zero-order valence-corrected chi connectivity index (χ0v) is 23.6. The number of nitrogens with zero attached hydrogens (tertiary/aromatic N) is 1. The molecule has 41 heavy (non-hydrogen) atoms. The highest BCUT2D eigenvalue weighted by molar-refractivity contribution is 6.39. The normalized spacial score (nSPS) is 36.3. The van der Waals surface area contributed by atoms with Crippen LogP contribution >= 0.6 is 11.6 Å². The van der Waals surface area contributed by atoms with Gasteiger partial charge in [0, 0.05) is 43.3 Å². The number of hydrogen-bond acceptors (Lipinski definition) is 10. The van der Waals surface area contributed by atoms with Crippen LogP contribution < -0.4 is 5.56 Å². The molecule has 9 atom stereocenters. The number of aromatic nitrogens is 1. The average molecular weight is 590 g/mol. The molecule has 2 heterocycles. The number of carbonyl (C=O) groups is 3. The van der Waals surface area contributed by atoms with E-state index in [1.54, 1.807) is 0 Å². The first-order valence-electron chi connectivity index (χ1n) is 13.9. The standard InChI is InChI=1S/C29H32ClNO10/c1-4-5-11-20(30)16-17(29(39)31(11)2)23(36)14-9(21(16)34)6-7-10-15(14)24(37)19-25(38)18-22(35)12(32)8-13(33)27(18)41-28(19)26(10)40-3/h10,12-13,15,19,22,24,26,28,32-33,35,37H,4-8H2,1-3H3/t10?,12-,13-,15?,19?,22-,24?,26?,28?/m0/s1. The zero-order valence-electron chi connectivity index (χ0n) is 22.8. The Morgan fingerprint density at radius 1 is 1.02 bits per heavy atom. The van der Waals surface area contributed by atoms with Crippen LogP contribution in [0.25, 0.3) is 0 Å². The molecule has 1 aliphatic heterocycles. The molecule has 0 radical (unpaired) electrons. The van der Waals surface area contributed by atoms with Crippen molar-refractivity contribution in [1.82, 2.24) is 4.57 Å². The lowest BCUT2D eigenvalue weighted by Crippen LogP contribution is -2.64. The lowest BCUT2D eigenvalue weighted by molar-refractivity contribution is -0.189. The van der Waals surface area contributed by atoms with E-state index in [2.05, 4.69) is 0 Å². The van der Waals surface area contributed by atoms with Crippen LogP contribution in [-0.2, 0) is 27.7 Å². The minimum Gasteiger partial charge on any atom is -0.488 e. The highest BCUT2D eigenvalue weighted by atomic mass is 35.5. The Hall–Kier alpha value is -2.67. The van der Waals surface area contributed by atoms with E-state index < -0.39 is 77.3 Å². The molecule has 0 spiro atoms. The van der Waals surface area contributed by atoms with Crippen LogP contribution in [0.15, 0.2) is 27.3 Å². The van der Waals surface area contributed by atoms with E-state index in [-0.39, 0.29) is 51.5 Å². The van der Waals surface area contributed by atoms with Gasteiger partial charge in [-0.25, -0.2) is 0 Å². The van der Waals surface area contributed by atoms with Gasteiger partial charge in [-0.05, 0) is 25.2 Å². The molecule has 0 amide bonds. The fraction of sp³-hybridized carbons (Fsp3) is 0.586. The summed E-state index contributed by atoms with van der Waals surface area (Å²) in [6.07, 6.45) is -6.50. The van der Waals surface area contributed by atoms with Gasteiger partial charge < -0.3 is 34.5 Å². The summed E-state index contributed by atoms with van der Waals surface area (Å²) in [6, 6.07) is 0. The summed E-state index contributed by atoms with van der Waals surface area (Å²) in [4.78, 5) is 55.3. The minimum atomic E-state index is -1.64. The van der Waals surface area contributed by atoms with Crippen molar-refractivity contribution in [3.05, 3.63) is 54.7 Å². The average Bonchev–Trinajstić information content (AvgIpc) is 2.94. The first kappa shape index (κ1) is 28.4. The highest BCUT2D eigenvalue weighted by Gasteiger charge is 2.62. The summed E-state index contributed by atoms with van der Waals surface area (Å²) in [5.41, 5.74) is -0.869. The molecule has 220 valence electrons. The lowest BCUT2D eigenvalue weighted by Gasteiger charge is -2.54. The summed E-state index contributed by atoms with van der Waals surface area (Å²) < 4.78 is 13.1. The van der Waals surface area contributed by atoms with Gasteiger partial charge in [0.15, 0.2) is 17.3 Å². The van der Waals surface area contributed by atoms with E-state index in [0.29, 0.717) is 25.0 Å². The predicted molar refractivity (Wildman–Crippen MR) is 142 cm³/mol. The second-order valence-electron chi connectivity index (χ2n) is 11.6. The molecule has 6 rings (SSSR count). The molecule has 1 aromatic heterocycles. The van der Waals surface area contributed by atoms with Crippen molar-refractivity contribution in [2.45, 2.75) is 75.7 Å². The molecule has 12 heteroatoms. The predicted octanol–water partition coefficient (Wildman–Crippen LogP) is 0.407. The number of allylic oxidation sites excluding steroid dienone is 1. The molecule has 1 fully saturated rings. The number of ketones is 3. The maximum absolute atomic E-state index is 14.1. The number of fused-ring (bicyclic) bond motifs is 4. The summed E-state index contributed by atoms with van der Waals surface area (Å²) in [5, 5.41) is 43.2. The van der Waals surface area contributed by atoms with Crippen molar-refractivity contribution in [2.24, 2.45) is 24.8 Å². The third-order valence-electron chi connectivity index (χ3n) is 9.59. The van der Waals surface area contributed by atoms with Crippen molar-refractivity contribution < 1.29 is 44.3 Å². The van der Waals surface area contributed by atoms with Crippen molar-refractivity contribution in [1.29, 1.82) is 0 Å². The summed E-state index contributed by atoms with van der Waals surface area (Å²) in [7, 11) is 2.90. The number of methoxy groups -OCH3 is 1. The number of pyridine rings is 1. The van der Waals surface area contributed by atoms with E-state index in [1.807, 2.05) is 6.92 Å². The Labute approximate surface area is 240 Å². The number of aliphatic hydroxyl groups is 4. The molecular formula is C29H32ClNO10. The molecular weight excluding hydrogens is 558 g/mol. The molecule has 0 saturated heterocycles. The fourth-order valence-corrected chi connectivity index (χ4v) is 8.12. The minimum absolute atomic E-state index is 0.0278. The molecule has 4 N–H and O–H groups in total. The first-order valence-corrected chi connectivity index (χ1v) is 14.3. The Morgan fingerprint density at radius 3 is 2.39 bits per heavy atom. The van der Waals surface area contributed by atoms with Gasteiger partial charge in [-0.3, -0.25) is 19.2 Å². The molecule has 11 nitrogen and oxygen atoms in total. The number of halogens is 1. The van der Waals surface area contributed by atoms with Gasteiger partial charge >= 0.3 is 0 Å². The van der Waals surface area contributed by atoms with Crippen LogP contribution in [0.4, 0.5) is 0 Å². The SMILES string of the molecule is CCCc1c(Cl)c2c(c(=O)n1C)C(=O)C1=C(CCC3C(OC)C4OC5=C(C(=O)C4C(O)C13)[C@@H](O)[C@@H](O)C[C@@H]5O)C2=O. The fourth-order valence-electron chi connectivity index (χ4n) is 7.72. The number of carbonyl (C=O) groups excluding carboxylic acids is 3. The van der Waals surface area contributed by atoms with Crippen LogP contribution in [0.1, 0.15) is 59.0 Å². The summed E-state index contributed by atoms with van der Waals surface area (Å²) >= 11 is 6.64.